The van der Waals surface area contributed by atoms with E-state index in [1.165, 1.54) is 18.2 Å². The van der Waals surface area contributed by atoms with E-state index in [1.54, 1.807) is 24.3 Å². The van der Waals surface area contributed by atoms with E-state index >= 15 is 0 Å². The van der Waals surface area contributed by atoms with Gasteiger partial charge in [0.15, 0.2) is 0 Å². The summed E-state index contributed by atoms with van der Waals surface area (Å²) in [5.74, 6) is 4.49. The fourth-order valence-electron chi connectivity index (χ4n) is 1.56. The minimum atomic E-state index is -1.15. The maximum absolute atomic E-state index is 10.9. The summed E-state index contributed by atoms with van der Waals surface area (Å²) >= 11 is 0. The third kappa shape index (κ3) is 2.85. The summed E-state index contributed by atoms with van der Waals surface area (Å²) < 4.78 is 0. The Kier molecular flexibility index (Phi) is 3.39. The number of phenolic OH excluding ortho intramolecular Hbond substituents is 1. The number of nitrogens with one attached hydrogen (secondary N) is 1. The van der Waals surface area contributed by atoms with Crippen molar-refractivity contribution in [1.82, 2.24) is 5.73 Å². The lowest BCUT2D eigenvalue weighted by Crippen LogP contribution is -1.99. The van der Waals surface area contributed by atoms with Crippen LogP contribution in [0.2, 0.25) is 0 Å². The van der Waals surface area contributed by atoms with Gasteiger partial charge in [0.05, 0.1) is 16.8 Å². The zero-order valence-corrected chi connectivity index (χ0v) is 9.84. The topological polar surface area (TPSA) is 81.3 Å². The van der Waals surface area contributed by atoms with Crippen molar-refractivity contribution in [3.8, 4) is 17.6 Å². The molecule has 2 aromatic rings. The van der Waals surface area contributed by atoms with Gasteiger partial charge in [0.2, 0.25) is 0 Å². The highest BCUT2D eigenvalue weighted by atomic mass is 16.4. The van der Waals surface area contributed by atoms with Crippen LogP contribution in [-0.2, 0) is 0 Å². The molecule has 0 spiro atoms. The lowest BCUT2D eigenvalue weighted by Gasteiger charge is -2.01. The normalized spacial score (nSPS) is 9.47. The minimum Gasteiger partial charge on any atom is -0.508 e. The molecule has 0 unspecified atom stereocenters. The van der Waals surface area contributed by atoms with E-state index in [4.69, 9.17) is 10.8 Å². The Hall–Kier alpha value is -2.93. The van der Waals surface area contributed by atoms with Crippen molar-refractivity contribution < 1.29 is 15.0 Å². The van der Waals surface area contributed by atoms with E-state index in [9.17, 15) is 9.90 Å². The number of aromatic carboxylic acids is 1. The number of aromatic hydroxyl groups is 1. The Labute approximate surface area is 110 Å². The Morgan fingerprint density at radius 3 is 2.53 bits per heavy atom. The molecule has 0 saturated heterocycles. The van der Waals surface area contributed by atoms with Crippen LogP contribution in [0.15, 0.2) is 42.5 Å². The van der Waals surface area contributed by atoms with Crippen molar-refractivity contribution >= 4 is 11.7 Å². The Morgan fingerprint density at radius 1 is 1.11 bits per heavy atom. The monoisotopic (exact) mass is 252 g/mol. The molecule has 0 atom stereocenters. The molecule has 0 heterocycles. The van der Waals surface area contributed by atoms with Crippen LogP contribution < -0.4 is 5.73 Å². The molecule has 0 aliphatic carbocycles. The van der Waals surface area contributed by atoms with E-state index in [-0.39, 0.29) is 17.0 Å². The average Bonchev–Trinajstić information content (AvgIpc) is 2.37. The lowest BCUT2D eigenvalue weighted by molar-refractivity contribution is 0.0697. The lowest BCUT2D eigenvalue weighted by atomic mass is 10.1. The predicted molar refractivity (Wildman–Crippen MR) is 70.2 cm³/mol. The van der Waals surface area contributed by atoms with Crippen molar-refractivity contribution in [1.29, 1.82) is 0 Å². The highest BCUT2D eigenvalue weighted by Crippen LogP contribution is 2.18. The van der Waals surface area contributed by atoms with Crippen LogP contribution >= 0.6 is 0 Å². The first-order valence-corrected chi connectivity index (χ1v) is 5.47. The number of rotatable bonds is 1. The Bertz CT molecular complexity index is 696. The SMILES string of the molecule is [NH]c1c(C#Cc2cccc(O)c2)cccc1C(=O)O. The number of hydrogen-bond acceptors (Lipinski definition) is 2. The minimum absolute atomic E-state index is 0.0808. The number of carboxylic acids is 1. The van der Waals surface area contributed by atoms with Crippen molar-refractivity contribution in [2.24, 2.45) is 0 Å². The van der Waals surface area contributed by atoms with Gasteiger partial charge in [0.1, 0.15) is 5.75 Å². The van der Waals surface area contributed by atoms with Crippen molar-refractivity contribution in [3.63, 3.8) is 0 Å². The maximum Gasteiger partial charge on any atom is 0.337 e. The molecule has 19 heavy (non-hydrogen) atoms. The molecule has 0 fully saturated rings. The van der Waals surface area contributed by atoms with E-state index in [0.29, 0.717) is 11.1 Å². The molecule has 0 bridgehead atoms. The van der Waals surface area contributed by atoms with E-state index in [0.717, 1.165) is 0 Å². The van der Waals surface area contributed by atoms with Crippen LogP contribution in [0.4, 0.5) is 5.69 Å². The second-order valence-electron chi connectivity index (χ2n) is 3.83. The van der Waals surface area contributed by atoms with Gasteiger partial charge < -0.3 is 10.2 Å². The van der Waals surface area contributed by atoms with Crippen LogP contribution in [0.5, 0.6) is 5.75 Å². The maximum atomic E-state index is 10.9. The summed E-state index contributed by atoms with van der Waals surface area (Å²) in [4.78, 5) is 10.9. The molecule has 4 nitrogen and oxygen atoms in total. The van der Waals surface area contributed by atoms with Crippen LogP contribution in [-0.4, -0.2) is 16.2 Å². The summed E-state index contributed by atoms with van der Waals surface area (Å²) in [7, 11) is 0. The zero-order valence-electron chi connectivity index (χ0n) is 9.84. The standard InChI is InChI=1S/C15H10NO3/c16-14-11(4-2-6-13(14)15(18)19)8-7-10-3-1-5-12(17)9-10/h1-6,9,16-17H,(H,18,19). The smallest absolute Gasteiger partial charge is 0.337 e. The molecule has 4 heteroatoms. The summed E-state index contributed by atoms with van der Waals surface area (Å²) in [5, 5.41) is 18.2. The van der Waals surface area contributed by atoms with Gasteiger partial charge >= 0.3 is 5.97 Å². The Balaban J connectivity index is 2.40. The van der Waals surface area contributed by atoms with E-state index in [2.05, 4.69) is 11.8 Å². The third-order valence-electron chi connectivity index (χ3n) is 2.48. The molecule has 1 radical (unpaired) electrons. The molecule has 0 aromatic heterocycles. The second kappa shape index (κ2) is 5.15. The number of benzene rings is 2. The molecule has 0 aliphatic rings. The highest BCUT2D eigenvalue weighted by Gasteiger charge is 2.10. The molecule has 0 aliphatic heterocycles. The number of carboxylic acid groups (broad SMARTS) is 1. The van der Waals surface area contributed by atoms with Crippen LogP contribution in [0, 0.1) is 11.8 Å². The van der Waals surface area contributed by atoms with Crippen LogP contribution in [0.3, 0.4) is 0 Å². The van der Waals surface area contributed by atoms with E-state index in [1.807, 2.05) is 0 Å². The van der Waals surface area contributed by atoms with Crippen molar-refractivity contribution in [3.05, 3.63) is 59.2 Å². The summed E-state index contributed by atoms with van der Waals surface area (Å²) in [6.45, 7) is 0. The largest absolute Gasteiger partial charge is 0.508 e. The van der Waals surface area contributed by atoms with Gasteiger partial charge in [-0.1, -0.05) is 24.0 Å². The molecule has 0 saturated carbocycles. The van der Waals surface area contributed by atoms with Gasteiger partial charge in [-0.2, -0.15) is 0 Å². The fraction of sp³-hybridized carbons (Fsp3) is 0. The third-order valence-corrected chi connectivity index (χ3v) is 2.48. The predicted octanol–water partition coefficient (Wildman–Crippen LogP) is 2.40. The van der Waals surface area contributed by atoms with Gasteiger partial charge in [-0.25, -0.2) is 4.79 Å². The summed E-state index contributed by atoms with van der Waals surface area (Å²) in [5.41, 5.74) is 8.50. The molecular formula is C15H10NO3. The van der Waals surface area contributed by atoms with Crippen LogP contribution in [0.1, 0.15) is 21.5 Å². The van der Waals surface area contributed by atoms with Gasteiger partial charge in [-0.15, -0.1) is 0 Å². The first-order valence-electron chi connectivity index (χ1n) is 5.47. The first-order chi connectivity index (χ1) is 9.08. The number of hydrogen-bond donors (Lipinski definition) is 2. The molecule has 2 rings (SSSR count). The summed E-state index contributed by atoms with van der Waals surface area (Å²) in [6.07, 6.45) is 0. The van der Waals surface area contributed by atoms with Gasteiger partial charge in [0, 0.05) is 5.56 Å². The quantitative estimate of drug-likeness (QED) is 0.764. The molecule has 93 valence electrons. The number of phenols is 1. The average molecular weight is 252 g/mol. The zero-order chi connectivity index (χ0) is 13.8. The first kappa shape index (κ1) is 12.5. The Morgan fingerprint density at radius 2 is 1.84 bits per heavy atom. The highest BCUT2D eigenvalue weighted by molar-refractivity contribution is 5.94. The second-order valence-corrected chi connectivity index (χ2v) is 3.83. The molecule has 2 aromatic carbocycles. The van der Waals surface area contributed by atoms with Gasteiger partial charge in [-0.3, -0.25) is 5.73 Å². The van der Waals surface area contributed by atoms with Crippen molar-refractivity contribution in [2.45, 2.75) is 0 Å². The van der Waals surface area contributed by atoms with Gasteiger partial charge in [-0.05, 0) is 30.3 Å². The van der Waals surface area contributed by atoms with Crippen LogP contribution in [0.25, 0.3) is 0 Å². The molecule has 3 N–H and O–H groups in total. The summed E-state index contributed by atoms with van der Waals surface area (Å²) in [6, 6.07) is 10.9. The fourth-order valence-corrected chi connectivity index (χ4v) is 1.56. The van der Waals surface area contributed by atoms with E-state index < -0.39 is 5.97 Å². The van der Waals surface area contributed by atoms with Gasteiger partial charge in [0.25, 0.3) is 0 Å². The van der Waals surface area contributed by atoms with Crippen molar-refractivity contribution in [2.75, 3.05) is 0 Å². The molecular weight excluding hydrogens is 242 g/mol. The molecule has 0 amide bonds. The number of carbonyl (C=O) groups is 1.